The Labute approximate surface area is 96.6 Å². The quantitative estimate of drug-likeness (QED) is 0.612. The molecule has 0 saturated carbocycles. The Morgan fingerprint density at radius 2 is 1.53 bits per heavy atom. The number of hydrogen-bond acceptors (Lipinski definition) is 4. The van der Waals surface area contributed by atoms with Crippen molar-refractivity contribution in [2.45, 2.75) is 6.10 Å². The molecule has 1 atom stereocenters. The van der Waals surface area contributed by atoms with Crippen LogP contribution in [-0.2, 0) is 9.59 Å². The van der Waals surface area contributed by atoms with Crippen molar-refractivity contribution in [3.05, 3.63) is 35.9 Å². The number of nitrogens with one attached hydrogen (secondary N) is 2. The van der Waals surface area contributed by atoms with Crippen LogP contribution in [0.3, 0.4) is 0 Å². The molecule has 1 saturated heterocycles. The van der Waals surface area contributed by atoms with Crippen LogP contribution in [0.5, 0.6) is 0 Å². The Balaban J connectivity index is 2.25. The lowest BCUT2D eigenvalue weighted by Crippen LogP contribution is -2.57. The lowest BCUT2D eigenvalue weighted by Gasteiger charge is -2.24. The zero-order valence-corrected chi connectivity index (χ0v) is 8.71. The maximum atomic E-state index is 11.5. The monoisotopic (exact) mass is 234 g/mol. The van der Waals surface area contributed by atoms with Crippen molar-refractivity contribution in [2.24, 2.45) is 5.92 Å². The highest BCUT2D eigenvalue weighted by atomic mass is 16.3. The molecule has 1 aliphatic heterocycles. The minimum Gasteiger partial charge on any atom is -0.387 e. The van der Waals surface area contributed by atoms with Crippen LogP contribution in [0.2, 0.25) is 0 Å². The van der Waals surface area contributed by atoms with Gasteiger partial charge in [-0.3, -0.25) is 20.2 Å². The first kappa shape index (κ1) is 11.3. The standard InChI is InChI=1S/C11H10N2O4/c14-8(6-4-2-1-3-5-6)7-9(15)12-11(17)13-10(7)16/h1-5,7-8,14H,(H2,12,13,15,16,17). The number of aliphatic hydroxyl groups excluding tert-OH is 1. The Bertz CT molecular complexity index is 452. The van der Waals surface area contributed by atoms with Crippen LogP contribution in [0.4, 0.5) is 4.79 Å². The average molecular weight is 234 g/mol. The fraction of sp³-hybridized carbons (Fsp3) is 0.182. The van der Waals surface area contributed by atoms with E-state index in [1.165, 1.54) is 0 Å². The first-order chi connectivity index (χ1) is 8.09. The van der Waals surface area contributed by atoms with E-state index in [0.717, 1.165) is 0 Å². The summed E-state index contributed by atoms with van der Waals surface area (Å²) in [6.07, 6.45) is -1.27. The summed E-state index contributed by atoms with van der Waals surface area (Å²) in [5.74, 6) is -2.90. The number of rotatable bonds is 2. The SMILES string of the molecule is O=C1NC(=O)C(C(O)c2ccccc2)C(=O)N1. The van der Waals surface area contributed by atoms with Gasteiger partial charge in [-0.15, -0.1) is 0 Å². The Morgan fingerprint density at radius 3 is 2.06 bits per heavy atom. The zero-order chi connectivity index (χ0) is 12.4. The molecule has 0 aliphatic carbocycles. The molecule has 0 aromatic heterocycles. The molecule has 2 rings (SSSR count). The molecule has 6 nitrogen and oxygen atoms in total. The number of carbonyl (C=O) groups excluding carboxylic acids is 3. The van der Waals surface area contributed by atoms with Gasteiger partial charge in [0.25, 0.3) is 0 Å². The van der Waals surface area contributed by atoms with Crippen molar-refractivity contribution >= 4 is 17.8 Å². The summed E-state index contributed by atoms with van der Waals surface area (Å²) in [6, 6.07) is 7.45. The largest absolute Gasteiger partial charge is 0.387 e. The Kier molecular flexibility index (Phi) is 2.88. The zero-order valence-electron chi connectivity index (χ0n) is 8.71. The summed E-state index contributed by atoms with van der Waals surface area (Å²) in [5.41, 5.74) is 0.442. The van der Waals surface area contributed by atoms with Gasteiger partial charge in [0, 0.05) is 0 Å². The summed E-state index contributed by atoms with van der Waals surface area (Å²) in [7, 11) is 0. The van der Waals surface area contributed by atoms with Crippen molar-refractivity contribution in [1.29, 1.82) is 0 Å². The second kappa shape index (κ2) is 4.34. The summed E-state index contributed by atoms with van der Waals surface area (Å²) < 4.78 is 0. The minimum absolute atomic E-state index is 0.442. The maximum absolute atomic E-state index is 11.5. The molecule has 0 radical (unpaired) electrons. The van der Waals surface area contributed by atoms with Gasteiger partial charge in [0.15, 0.2) is 0 Å². The van der Waals surface area contributed by atoms with E-state index in [1.807, 2.05) is 10.6 Å². The molecule has 1 aliphatic rings. The van der Waals surface area contributed by atoms with E-state index in [1.54, 1.807) is 30.3 Å². The normalized spacial score (nSPS) is 18.5. The number of urea groups is 1. The van der Waals surface area contributed by atoms with E-state index in [9.17, 15) is 19.5 Å². The van der Waals surface area contributed by atoms with Crippen molar-refractivity contribution in [3.8, 4) is 0 Å². The summed E-state index contributed by atoms with van der Waals surface area (Å²) in [4.78, 5) is 33.8. The van der Waals surface area contributed by atoms with Gasteiger partial charge in [-0.25, -0.2) is 4.79 Å². The molecule has 1 aromatic rings. The number of hydrogen-bond donors (Lipinski definition) is 3. The average Bonchev–Trinajstić information content (AvgIpc) is 2.28. The molecular weight excluding hydrogens is 224 g/mol. The highest BCUT2D eigenvalue weighted by Gasteiger charge is 2.39. The summed E-state index contributed by atoms with van der Waals surface area (Å²) in [6.45, 7) is 0. The number of amides is 4. The van der Waals surface area contributed by atoms with Gasteiger partial charge in [-0.05, 0) is 5.56 Å². The molecule has 6 heteroatoms. The van der Waals surface area contributed by atoms with Crippen molar-refractivity contribution in [1.82, 2.24) is 10.6 Å². The predicted molar refractivity (Wildman–Crippen MR) is 56.6 cm³/mol. The third-order valence-corrected chi connectivity index (χ3v) is 2.50. The van der Waals surface area contributed by atoms with Gasteiger partial charge in [0.05, 0.1) is 6.10 Å². The first-order valence-electron chi connectivity index (χ1n) is 4.98. The molecule has 1 aromatic carbocycles. The Morgan fingerprint density at radius 1 is 1.00 bits per heavy atom. The topological polar surface area (TPSA) is 95.5 Å². The van der Waals surface area contributed by atoms with Crippen LogP contribution < -0.4 is 10.6 Å². The first-order valence-corrected chi connectivity index (χ1v) is 4.98. The fourth-order valence-electron chi connectivity index (χ4n) is 1.66. The smallest absolute Gasteiger partial charge is 0.328 e. The summed E-state index contributed by atoms with van der Waals surface area (Å²) in [5, 5.41) is 13.8. The van der Waals surface area contributed by atoms with E-state index in [0.29, 0.717) is 5.56 Å². The molecule has 4 amide bonds. The number of aliphatic hydroxyl groups is 1. The molecule has 0 bridgehead atoms. The van der Waals surface area contributed by atoms with E-state index in [4.69, 9.17) is 0 Å². The molecule has 0 spiro atoms. The van der Waals surface area contributed by atoms with Crippen LogP contribution >= 0.6 is 0 Å². The number of barbiturate groups is 1. The number of carbonyl (C=O) groups is 3. The maximum Gasteiger partial charge on any atom is 0.328 e. The molecule has 88 valence electrons. The molecular formula is C11H10N2O4. The Hall–Kier alpha value is -2.21. The van der Waals surface area contributed by atoms with E-state index < -0.39 is 29.9 Å². The van der Waals surface area contributed by atoms with Gasteiger partial charge < -0.3 is 5.11 Å². The predicted octanol–water partition coefficient (Wildman–Crippen LogP) is -0.298. The van der Waals surface area contributed by atoms with Crippen LogP contribution in [0.1, 0.15) is 11.7 Å². The van der Waals surface area contributed by atoms with Crippen LogP contribution in [-0.4, -0.2) is 23.0 Å². The molecule has 3 N–H and O–H groups in total. The molecule has 1 heterocycles. The van der Waals surface area contributed by atoms with Crippen molar-refractivity contribution < 1.29 is 19.5 Å². The summed E-state index contributed by atoms with van der Waals surface area (Å²) >= 11 is 0. The van der Waals surface area contributed by atoms with Gasteiger partial charge in [-0.2, -0.15) is 0 Å². The van der Waals surface area contributed by atoms with Crippen molar-refractivity contribution in [3.63, 3.8) is 0 Å². The van der Waals surface area contributed by atoms with Crippen LogP contribution in [0.25, 0.3) is 0 Å². The van der Waals surface area contributed by atoms with E-state index in [2.05, 4.69) is 0 Å². The van der Waals surface area contributed by atoms with Gasteiger partial charge in [0.2, 0.25) is 11.8 Å². The highest BCUT2D eigenvalue weighted by Crippen LogP contribution is 2.23. The van der Waals surface area contributed by atoms with E-state index >= 15 is 0 Å². The lowest BCUT2D eigenvalue weighted by atomic mass is 9.93. The second-order valence-corrected chi connectivity index (χ2v) is 3.64. The van der Waals surface area contributed by atoms with Gasteiger partial charge >= 0.3 is 6.03 Å². The molecule has 1 unspecified atom stereocenters. The highest BCUT2D eigenvalue weighted by molar-refractivity contribution is 6.16. The minimum atomic E-state index is -1.31. The molecule has 1 fully saturated rings. The van der Waals surface area contributed by atoms with Crippen molar-refractivity contribution in [2.75, 3.05) is 0 Å². The third-order valence-electron chi connectivity index (χ3n) is 2.50. The molecule has 17 heavy (non-hydrogen) atoms. The number of imide groups is 2. The van der Waals surface area contributed by atoms with Crippen LogP contribution in [0, 0.1) is 5.92 Å². The third kappa shape index (κ3) is 2.16. The number of benzene rings is 1. The van der Waals surface area contributed by atoms with Gasteiger partial charge in [0.1, 0.15) is 5.92 Å². The van der Waals surface area contributed by atoms with Crippen LogP contribution in [0.15, 0.2) is 30.3 Å². The van der Waals surface area contributed by atoms with E-state index in [-0.39, 0.29) is 0 Å². The lowest BCUT2D eigenvalue weighted by molar-refractivity contribution is -0.140. The fourth-order valence-corrected chi connectivity index (χ4v) is 1.66. The second-order valence-electron chi connectivity index (χ2n) is 3.64. The van der Waals surface area contributed by atoms with Gasteiger partial charge in [-0.1, -0.05) is 30.3 Å².